The van der Waals surface area contributed by atoms with Crippen LogP contribution in [0.25, 0.3) is 11.2 Å². The van der Waals surface area contributed by atoms with E-state index in [4.69, 9.17) is 26.8 Å². The average Bonchev–Trinajstić information content (AvgIpc) is 3.08. The first-order chi connectivity index (χ1) is 12.2. The number of aliphatic hydroxyl groups excluding tert-OH is 1. The lowest BCUT2D eigenvalue weighted by Gasteiger charge is -2.18. The highest BCUT2D eigenvalue weighted by molar-refractivity contribution is 7.72. The zero-order valence-electron chi connectivity index (χ0n) is 15.2. The number of nitrogens with two attached hydrogens (primary N) is 1. The van der Waals surface area contributed by atoms with E-state index in [-0.39, 0.29) is 12.1 Å². The Labute approximate surface area is 157 Å². The summed E-state index contributed by atoms with van der Waals surface area (Å²) in [7, 11) is 0. The number of hydrogen-bond acceptors (Lipinski definition) is 7. The fourth-order valence-electron chi connectivity index (χ4n) is 2.97. The van der Waals surface area contributed by atoms with Crippen LogP contribution < -0.4 is 10.5 Å². The van der Waals surface area contributed by atoms with Crippen molar-refractivity contribution in [1.82, 2.24) is 19.5 Å². The first-order valence-corrected chi connectivity index (χ1v) is 12.0. The Balaban J connectivity index is 1.90. The van der Waals surface area contributed by atoms with Crippen LogP contribution in [0.4, 0.5) is 5.95 Å². The van der Waals surface area contributed by atoms with Crippen LogP contribution >= 0.6 is 18.5 Å². The number of aromatic nitrogens is 4. The maximum Gasteiger partial charge on any atom is 0.247 e. The van der Waals surface area contributed by atoms with Gasteiger partial charge in [0, 0.05) is 0 Å². The van der Waals surface area contributed by atoms with Gasteiger partial charge in [-0.15, -0.1) is 24.8 Å². The van der Waals surface area contributed by atoms with Gasteiger partial charge in [0.05, 0.1) is 19.0 Å². The van der Waals surface area contributed by atoms with Crippen LogP contribution in [-0.2, 0) is 4.74 Å². The SMILES string of the molecule is C=P(C)(C)CC[C@H]1O[C@@H](n2cnc3c(OCC)nc(N)nc32)[C@H](Cl)[C@@H]1O. The van der Waals surface area contributed by atoms with Crippen molar-refractivity contribution >= 4 is 41.9 Å². The van der Waals surface area contributed by atoms with Crippen LogP contribution in [0.2, 0.25) is 0 Å². The lowest BCUT2D eigenvalue weighted by atomic mass is 10.1. The van der Waals surface area contributed by atoms with Gasteiger partial charge in [-0.3, -0.25) is 4.57 Å². The molecule has 0 saturated carbocycles. The zero-order chi connectivity index (χ0) is 19.1. The van der Waals surface area contributed by atoms with Gasteiger partial charge in [-0.1, -0.05) is 0 Å². The number of rotatable bonds is 6. The smallest absolute Gasteiger partial charge is 0.247 e. The van der Waals surface area contributed by atoms with Crippen molar-refractivity contribution in [1.29, 1.82) is 0 Å². The molecule has 0 bridgehead atoms. The normalized spacial score (nSPS) is 26.5. The Morgan fingerprint density at radius 3 is 2.85 bits per heavy atom. The van der Waals surface area contributed by atoms with E-state index in [1.54, 1.807) is 10.9 Å². The molecule has 3 heterocycles. The molecule has 1 aliphatic rings. The molecule has 1 fully saturated rings. The monoisotopic (exact) mass is 401 g/mol. The van der Waals surface area contributed by atoms with Crippen molar-refractivity contribution in [2.24, 2.45) is 0 Å². The van der Waals surface area contributed by atoms with Crippen molar-refractivity contribution < 1.29 is 14.6 Å². The van der Waals surface area contributed by atoms with Gasteiger partial charge in [-0.25, -0.2) is 4.98 Å². The Morgan fingerprint density at radius 1 is 1.46 bits per heavy atom. The minimum Gasteiger partial charge on any atom is -0.476 e. The molecule has 0 spiro atoms. The molecule has 8 nitrogen and oxygen atoms in total. The number of hydrogen-bond donors (Lipinski definition) is 2. The Morgan fingerprint density at radius 2 is 2.19 bits per heavy atom. The highest BCUT2D eigenvalue weighted by Crippen LogP contribution is 2.41. The second kappa shape index (κ2) is 7.35. The molecule has 2 aromatic heterocycles. The highest BCUT2D eigenvalue weighted by Gasteiger charge is 2.44. The van der Waals surface area contributed by atoms with E-state index in [0.717, 1.165) is 6.16 Å². The van der Waals surface area contributed by atoms with Crippen LogP contribution in [0, 0.1) is 0 Å². The molecule has 3 N–H and O–H groups in total. The molecule has 1 aliphatic heterocycles. The summed E-state index contributed by atoms with van der Waals surface area (Å²) in [4.78, 5) is 12.7. The number of imidazole rings is 1. The van der Waals surface area contributed by atoms with E-state index < -0.39 is 24.6 Å². The van der Waals surface area contributed by atoms with E-state index in [1.165, 1.54) is 0 Å². The topological polar surface area (TPSA) is 108 Å². The lowest BCUT2D eigenvalue weighted by Crippen LogP contribution is -2.28. The van der Waals surface area contributed by atoms with Crippen molar-refractivity contribution in [3.8, 4) is 5.88 Å². The molecule has 1 saturated heterocycles. The maximum atomic E-state index is 10.5. The van der Waals surface area contributed by atoms with Gasteiger partial charge in [0.25, 0.3) is 0 Å². The molecule has 0 unspecified atom stereocenters. The molecule has 10 heteroatoms. The predicted molar refractivity (Wildman–Crippen MR) is 106 cm³/mol. The van der Waals surface area contributed by atoms with Gasteiger partial charge in [-0.05, 0) is 32.8 Å². The van der Waals surface area contributed by atoms with Crippen molar-refractivity contribution in [2.45, 2.75) is 37.2 Å². The summed E-state index contributed by atoms with van der Waals surface area (Å²) in [5, 5.41) is 9.88. The van der Waals surface area contributed by atoms with Crippen LogP contribution in [0.3, 0.4) is 0 Å². The second-order valence-corrected chi connectivity index (χ2v) is 11.9. The van der Waals surface area contributed by atoms with Crippen LogP contribution in [0.15, 0.2) is 6.33 Å². The standard InChI is InChI=1S/C16H25ClN5O3P/c1-5-24-14-11-13(20-16(18)21-14)22(8-19-11)15-10(17)12(23)9(25-15)6-7-26(2,3)4/h8-10,12,15,23H,2,5-7H2,1,3-4H3,(H2,18,20,21)/t9-,10-,12-,15-/m1/s1. The van der Waals surface area contributed by atoms with E-state index in [1.807, 2.05) is 6.92 Å². The summed E-state index contributed by atoms with van der Waals surface area (Å²) in [5.74, 6) is 0.395. The number of nitrogens with zero attached hydrogens (tertiary/aromatic N) is 4. The average molecular weight is 402 g/mol. The van der Waals surface area contributed by atoms with Crippen LogP contribution in [-0.4, -0.2) is 74.6 Å². The molecule has 0 radical (unpaired) electrons. The number of ether oxygens (including phenoxy) is 2. The van der Waals surface area contributed by atoms with Gasteiger partial charge < -0.3 is 20.3 Å². The zero-order valence-corrected chi connectivity index (χ0v) is 16.8. The number of nitrogen functional groups attached to an aromatic ring is 1. The van der Waals surface area contributed by atoms with E-state index >= 15 is 0 Å². The minimum atomic E-state index is -1.21. The van der Waals surface area contributed by atoms with Gasteiger partial charge in [0.2, 0.25) is 11.8 Å². The third-order valence-corrected chi connectivity index (χ3v) is 6.22. The van der Waals surface area contributed by atoms with Crippen molar-refractivity contribution in [2.75, 3.05) is 31.8 Å². The Kier molecular flexibility index (Phi) is 5.49. The van der Waals surface area contributed by atoms with Gasteiger partial charge in [-0.2, -0.15) is 9.97 Å². The van der Waals surface area contributed by atoms with E-state index in [9.17, 15) is 5.11 Å². The van der Waals surface area contributed by atoms with Gasteiger partial charge in [0.1, 0.15) is 11.5 Å². The first kappa shape index (κ1) is 19.4. The van der Waals surface area contributed by atoms with E-state index in [0.29, 0.717) is 30.1 Å². The molecule has 0 amide bonds. The molecule has 26 heavy (non-hydrogen) atoms. The molecular weight excluding hydrogens is 377 g/mol. The fourth-order valence-corrected chi connectivity index (χ4v) is 4.27. The fraction of sp³-hybridized carbons (Fsp3) is 0.625. The molecule has 0 aromatic carbocycles. The summed E-state index contributed by atoms with van der Waals surface area (Å²) in [6, 6.07) is 0. The molecule has 2 aromatic rings. The van der Waals surface area contributed by atoms with Crippen LogP contribution in [0.5, 0.6) is 5.88 Å². The summed E-state index contributed by atoms with van der Waals surface area (Å²) in [5.41, 5.74) is 6.75. The quantitative estimate of drug-likeness (QED) is 0.561. The Bertz CT molecular complexity index is 839. The molecule has 144 valence electrons. The van der Waals surface area contributed by atoms with E-state index in [2.05, 4.69) is 34.6 Å². The Hall–Kier alpha value is -1.34. The van der Waals surface area contributed by atoms with Crippen molar-refractivity contribution in [3.05, 3.63) is 6.33 Å². The number of fused-ring (bicyclic) bond motifs is 1. The maximum absolute atomic E-state index is 10.5. The largest absolute Gasteiger partial charge is 0.476 e. The first-order valence-electron chi connectivity index (χ1n) is 8.49. The molecular formula is C16H25ClN5O3P. The highest BCUT2D eigenvalue weighted by atomic mass is 35.5. The lowest BCUT2D eigenvalue weighted by molar-refractivity contribution is -0.0176. The van der Waals surface area contributed by atoms with Gasteiger partial charge >= 0.3 is 0 Å². The second-order valence-electron chi connectivity index (χ2n) is 7.09. The number of anilines is 1. The third kappa shape index (κ3) is 3.83. The molecule has 0 aliphatic carbocycles. The summed E-state index contributed by atoms with van der Waals surface area (Å²) in [6.07, 6.45) is 5.65. The predicted octanol–water partition coefficient (Wildman–Crippen LogP) is 1.77. The number of aliphatic hydroxyl groups is 1. The summed E-state index contributed by atoms with van der Waals surface area (Å²) < 4.78 is 13.2. The summed E-state index contributed by atoms with van der Waals surface area (Å²) in [6.45, 7) is 5.38. The number of alkyl halides is 1. The molecule has 3 rings (SSSR count). The van der Waals surface area contributed by atoms with Crippen LogP contribution in [0.1, 0.15) is 19.6 Å². The third-order valence-electron chi connectivity index (χ3n) is 4.27. The van der Waals surface area contributed by atoms with Gasteiger partial charge in [0.15, 0.2) is 17.4 Å². The summed E-state index contributed by atoms with van der Waals surface area (Å²) >= 11 is 6.47. The minimum absolute atomic E-state index is 0.0764. The number of halogens is 1. The molecule has 4 atom stereocenters. The van der Waals surface area contributed by atoms with Crippen molar-refractivity contribution in [3.63, 3.8) is 0 Å².